The third kappa shape index (κ3) is 3.83. The number of primary amides is 1. The van der Waals surface area contributed by atoms with Crippen LogP contribution in [-0.4, -0.2) is 49.3 Å². The van der Waals surface area contributed by atoms with Gasteiger partial charge in [0.05, 0.1) is 22.8 Å². The number of halogens is 2. The summed E-state index contributed by atoms with van der Waals surface area (Å²) in [6.45, 7) is 1.64. The van der Waals surface area contributed by atoms with Gasteiger partial charge >= 0.3 is 0 Å². The second kappa shape index (κ2) is 8.47. The Balaban J connectivity index is 1.35. The molecule has 2 amide bonds. The van der Waals surface area contributed by atoms with Crippen molar-refractivity contribution in [3.8, 4) is 0 Å². The van der Waals surface area contributed by atoms with Crippen molar-refractivity contribution in [2.24, 2.45) is 11.7 Å². The molecule has 176 valence electrons. The molecule has 2 aliphatic rings. The van der Waals surface area contributed by atoms with Crippen LogP contribution in [0.2, 0.25) is 5.02 Å². The Hall–Kier alpha value is -3.33. The highest BCUT2D eigenvalue weighted by atomic mass is 35.5. The van der Waals surface area contributed by atoms with Gasteiger partial charge in [0.1, 0.15) is 12.4 Å². The van der Waals surface area contributed by atoms with Crippen molar-refractivity contribution < 1.29 is 18.8 Å². The molecule has 2 fully saturated rings. The van der Waals surface area contributed by atoms with E-state index in [0.29, 0.717) is 28.8 Å². The van der Waals surface area contributed by atoms with E-state index in [4.69, 9.17) is 17.3 Å². The maximum atomic E-state index is 14.4. The van der Waals surface area contributed by atoms with Crippen LogP contribution in [0, 0.1) is 11.7 Å². The number of nitrogens with zero attached hydrogens (tertiary/aromatic N) is 4. The van der Waals surface area contributed by atoms with Gasteiger partial charge in [0, 0.05) is 24.0 Å². The highest BCUT2D eigenvalue weighted by molar-refractivity contribution is 6.30. The van der Waals surface area contributed by atoms with Crippen LogP contribution in [0.5, 0.6) is 0 Å². The van der Waals surface area contributed by atoms with Crippen molar-refractivity contribution in [3.05, 3.63) is 58.8 Å². The number of hydrogen-bond acceptors (Lipinski definition) is 5. The van der Waals surface area contributed by atoms with Crippen LogP contribution in [0.15, 0.2) is 36.7 Å². The van der Waals surface area contributed by atoms with Crippen molar-refractivity contribution in [1.29, 1.82) is 0 Å². The topological polar surface area (TPSA) is 111 Å². The number of fused-ring (bicyclic) bond motifs is 2. The van der Waals surface area contributed by atoms with Crippen molar-refractivity contribution in [1.82, 2.24) is 19.7 Å². The SMILES string of the molecule is C[C@@H](CC(=O)[C@@H]1C[C@H]2C[C@H]2N1C(=O)Cn1nc(C(N)=O)c2ccncc21)c1cccc(Cl)c1F. The van der Waals surface area contributed by atoms with E-state index >= 15 is 0 Å². The lowest BCUT2D eigenvalue weighted by atomic mass is 9.91. The fraction of sp³-hybridized carbons (Fsp3) is 0.375. The lowest BCUT2D eigenvalue weighted by Gasteiger charge is -2.28. The first-order chi connectivity index (χ1) is 16.3. The molecule has 1 aliphatic carbocycles. The molecule has 2 N–H and O–H groups in total. The number of nitrogens with two attached hydrogens (primary N) is 1. The highest BCUT2D eigenvalue weighted by Gasteiger charge is 2.55. The number of benzene rings is 1. The van der Waals surface area contributed by atoms with E-state index < -0.39 is 17.8 Å². The number of amides is 2. The summed E-state index contributed by atoms with van der Waals surface area (Å²) in [5.74, 6) is -1.64. The summed E-state index contributed by atoms with van der Waals surface area (Å²) in [5, 5.41) is 4.77. The van der Waals surface area contributed by atoms with Crippen molar-refractivity contribution in [3.63, 3.8) is 0 Å². The Morgan fingerprint density at radius 2 is 2.06 bits per heavy atom. The smallest absolute Gasteiger partial charge is 0.269 e. The molecule has 1 aliphatic heterocycles. The number of carbonyl (C=O) groups is 3. The molecule has 8 nitrogen and oxygen atoms in total. The van der Waals surface area contributed by atoms with E-state index in [1.54, 1.807) is 30.0 Å². The van der Waals surface area contributed by atoms with Gasteiger partial charge in [0.15, 0.2) is 11.5 Å². The molecule has 0 radical (unpaired) electrons. The lowest BCUT2D eigenvalue weighted by Crippen LogP contribution is -2.45. The zero-order valence-corrected chi connectivity index (χ0v) is 19.2. The van der Waals surface area contributed by atoms with Gasteiger partial charge in [-0.15, -0.1) is 0 Å². The van der Waals surface area contributed by atoms with Crippen LogP contribution in [0.1, 0.15) is 48.2 Å². The van der Waals surface area contributed by atoms with Gasteiger partial charge in [0.25, 0.3) is 5.91 Å². The first kappa shape index (κ1) is 22.5. The zero-order chi connectivity index (χ0) is 24.1. The third-order valence-electron chi connectivity index (χ3n) is 6.86. The Morgan fingerprint density at radius 1 is 1.26 bits per heavy atom. The molecule has 10 heteroatoms. The molecule has 3 aromatic rings. The van der Waals surface area contributed by atoms with Crippen molar-refractivity contribution in [2.75, 3.05) is 0 Å². The lowest BCUT2D eigenvalue weighted by molar-refractivity contribution is -0.139. The molecular weight excluding hydrogens is 461 g/mol. The molecule has 1 aromatic carbocycles. The quantitative estimate of drug-likeness (QED) is 0.555. The van der Waals surface area contributed by atoms with Gasteiger partial charge in [-0.1, -0.05) is 30.7 Å². The van der Waals surface area contributed by atoms with Crippen LogP contribution in [0.4, 0.5) is 4.39 Å². The number of hydrogen-bond donors (Lipinski definition) is 1. The monoisotopic (exact) mass is 483 g/mol. The Kier molecular flexibility index (Phi) is 5.59. The summed E-state index contributed by atoms with van der Waals surface area (Å²) in [6.07, 6.45) is 4.62. The van der Waals surface area contributed by atoms with Crippen LogP contribution >= 0.6 is 11.6 Å². The number of rotatable bonds is 7. The number of ketones is 1. The van der Waals surface area contributed by atoms with E-state index in [9.17, 15) is 18.8 Å². The van der Waals surface area contributed by atoms with Gasteiger partial charge in [0.2, 0.25) is 5.91 Å². The summed E-state index contributed by atoms with van der Waals surface area (Å²) in [7, 11) is 0. The molecule has 0 spiro atoms. The standard InChI is InChI=1S/C24H23ClFN5O3/c1-12(14-3-2-4-16(25)22(14)26)7-20(32)18-9-13-8-17(13)31(18)21(33)11-30-19-10-28-6-5-15(19)23(29-30)24(27)34/h2-6,10,12-13,17-18H,7-9,11H2,1H3,(H2,27,34)/t12-,13+,17+,18-/m0/s1. The summed E-state index contributed by atoms with van der Waals surface area (Å²) in [6, 6.07) is 5.84. The second-order valence-electron chi connectivity index (χ2n) is 9.09. The molecule has 5 rings (SSSR count). The second-order valence-corrected chi connectivity index (χ2v) is 9.50. The van der Waals surface area contributed by atoms with Crippen molar-refractivity contribution >= 4 is 40.1 Å². The van der Waals surface area contributed by atoms with E-state index in [2.05, 4.69) is 10.1 Å². The Bertz CT molecular complexity index is 1330. The predicted molar refractivity (Wildman–Crippen MR) is 123 cm³/mol. The van der Waals surface area contributed by atoms with Gasteiger partial charge in [-0.2, -0.15) is 5.10 Å². The fourth-order valence-electron chi connectivity index (χ4n) is 5.08. The van der Waals surface area contributed by atoms with Crippen LogP contribution in [-0.2, 0) is 16.1 Å². The zero-order valence-electron chi connectivity index (χ0n) is 18.4. The summed E-state index contributed by atoms with van der Waals surface area (Å²) in [4.78, 5) is 44.1. The molecule has 4 atom stereocenters. The van der Waals surface area contributed by atoms with Gasteiger partial charge in [-0.05, 0) is 42.4 Å². The molecule has 2 aromatic heterocycles. The van der Waals surface area contributed by atoms with Gasteiger partial charge < -0.3 is 10.6 Å². The largest absolute Gasteiger partial charge is 0.364 e. The maximum Gasteiger partial charge on any atom is 0.269 e. The predicted octanol–water partition coefficient (Wildman–Crippen LogP) is 3.08. The number of carbonyl (C=O) groups excluding carboxylic acids is 3. The summed E-state index contributed by atoms with van der Waals surface area (Å²) < 4.78 is 15.8. The minimum Gasteiger partial charge on any atom is -0.364 e. The number of likely N-dealkylation sites (tertiary alicyclic amines) is 1. The van der Waals surface area contributed by atoms with E-state index in [1.807, 2.05) is 0 Å². The maximum absolute atomic E-state index is 14.4. The van der Waals surface area contributed by atoms with Crippen LogP contribution in [0.3, 0.4) is 0 Å². The highest BCUT2D eigenvalue weighted by Crippen LogP contribution is 2.48. The summed E-state index contributed by atoms with van der Waals surface area (Å²) in [5.41, 5.74) is 6.41. The first-order valence-electron chi connectivity index (χ1n) is 11.1. The number of aromatic nitrogens is 3. The van der Waals surface area contributed by atoms with Crippen LogP contribution < -0.4 is 5.73 Å². The molecular formula is C24H23ClFN5O3. The minimum atomic E-state index is -0.693. The van der Waals surface area contributed by atoms with E-state index in [1.165, 1.54) is 23.1 Å². The molecule has 1 saturated carbocycles. The van der Waals surface area contributed by atoms with E-state index in [0.717, 1.165) is 6.42 Å². The van der Waals surface area contributed by atoms with Crippen LogP contribution in [0.25, 0.3) is 10.9 Å². The molecule has 0 unspecified atom stereocenters. The van der Waals surface area contributed by atoms with Gasteiger partial charge in [-0.3, -0.25) is 24.0 Å². The summed E-state index contributed by atoms with van der Waals surface area (Å²) >= 11 is 5.90. The third-order valence-corrected chi connectivity index (χ3v) is 7.15. The Labute approximate surface area is 199 Å². The van der Waals surface area contributed by atoms with E-state index in [-0.39, 0.29) is 47.3 Å². The Morgan fingerprint density at radius 3 is 2.82 bits per heavy atom. The molecule has 0 bridgehead atoms. The minimum absolute atomic E-state index is 0.0204. The average Bonchev–Trinajstić information content (AvgIpc) is 3.30. The normalized spacial score (nSPS) is 22.0. The first-order valence-corrected chi connectivity index (χ1v) is 11.5. The van der Waals surface area contributed by atoms with Gasteiger partial charge in [-0.25, -0.2) is 4.39 Å². The number of Topliss-reactive ketones (excluding diaryl/α,β-unsaturated/α-hetero) is 1. The molecule has 3 heterocycles. The molecule has 34 heavy (non-hydrogen) atoms. The number of pyridine rings is 1. The fourth-order valence-corrected chi connectivity index (χ4v) is 5.27. The number of piperidine rings is 1. The van der Waals surface area contributed by atoms with Crippen molar-refractivity contribution in [2.45, 2.75) is 50.7 Å². The molecule has 1 saturated heterocycles. The average molecular weight is 484 g/mol.